The largest absolute Gasteiger partial charge is 0.481 e. The third kappa shape index (κ3) is 3.06. The van der Waals surface area contributed by atoms with Crippen LogP contribution in [0.5, 0.6) is 0 Å². The van der Waals surface area contributed by atoms with Crippen LogP contribution in [0.1, 0.15) is 29.1 Å². The molecule has 0 aliphatic rings. The predicted octanol–water partition coefficient (Wildman–Crippen LogP) is 2.47. The van der Waals surface area contributed by atoms with E-state index < -0.39 is 23.8 Å². The Morgan fingerprint density at radius 2 is 1.85 bits per heavy atom. The molecule has 0 saturated carbocycles. The number of rotatable bonds is 5. The summed E-state index contributed by atoms with van der Waals surface area (Å²) < 4.78 is 5.01. The minimum atomic E-state index is -0.974. The first-order valence-electron chi connectivity index (χ1n) is 6.21. The zero-order chi connectivity index (χ0) is 14.5. The van der Waals surface area contributed by atoms with Crippen molar-refractivity contribution in [3.8, 4) is 0 Å². The Kier molecular flexibility index (Phi) is 4.20. The summed E-state index contributed by atoms with van der Waals surface area (Å²) in [5.74, 6) is -2.00. The molecule has 2 rings (SSSR count). The number of carbonyl (C=O) groups excluding carboxylic acids is 1. The summed E-state index contributed by atoms with van der Waals surface area (Å²) in [5, 5.41) is 11.9. The van der Waals surface area contributed by atoms with Crippen molar-refractivity contribution in [1.29, 1.82) is 0 Å². The van der Waals surface area contributed by atoms with E-state index in [0.29, 0.717) is 0 Å². The van der Waals surface area contributed by atoms with E-state index in [-0.39, 0.29) is 5.76 Å². The van der Waals surface area contributed by atoms with E-state index in [4.69, 9.17) is 4.42 Å². The van der Waals surface area contributed by atoms with Crippen molar-refractivity contribution < 1.29 is 19.1 Å². The molecule has 2 N–H and O–H groups in total. The Morgan fingerprint density at radius 1 is 1.15 bits per heavy atom. The smallest absolute Gasteiger partial charge is 0.308 e. The van der Waals surface area contributed by atoms with E-state index in [0.717, 1.165) is 5.56 Å². The molecule has 0 unspecified atom stereocenters. The van der Waals surface area contributed by atoms with Gasteiger partial charge in [0.05, 0.1) is 18.2 Å². The van der Waals surface area contributed by atoms with E-state index in [1.807, 2.05) is 6.07 Å². The normalized spacial score (nSPS) is 13.4. The maximum absolute atomic E-state index is 12.0. The Balaban J connectivity index is 2.24. The number of carboxylic acids is 1. The molecule has 0 spiro atoms. The van der Waals surface area contributed by atoms with E-state index >= 15 is 0 Å². The number of benzene rings is 1. The van der Waals surface area contributed by atoms with Gasteiger partial charge in [-0.25, -0.2) is 0 Å². The quantitative estimate of drug-likeness (QED) is 0.877. The van der Waals surface area contributed by atoms with Gasteiger partial charge in [0.25, 0.3) is 5.91 Å². The number of carboxylic acid groups (broad SMARTS) is 1. The first-order valence-corrected chi connectivity index (χ1v) is 6.21. The van der Waals surface area contributed by atoms with Gasteiger partial charge in [0, 0.05) is 0 Å². The number of hydrogen-bond donors (Lipinski definition) is 2. The van der Waals surface area contributed by atoms with Gasteiger partial charge in [-0.15, -0.1) is 0 Å². The van der Waals surface area contributed by atoms with Crippen LogP contribution in [0.4, 0.5) is 0 Å². The summed E-state index contributed by atoms with van der Waals surface area (Å²) in [4.78, 5) is 23.2. The fourth-order valence-corrected chi connectivity index (χ4v) is 1.92. The van der Waals surface area contributed by atoms with Crippen LogP contribution in [-0.4, -0.2) is 17.0 Å². The van der Waals surface area contributed by atoms with Crippen molar-refractivity contribution in [1.82, 2.24) is 5.32 Å². The van der Waals surface area contributed by atoms with Crippen molar-refractivity contribution in [2.75, 3.05) is 0 Å². The van der Waals surface area contributed by atoms with Gasteiger partial charge in [-0.3, -0.25) is 9.59 Å². The minimum absolute atomic E-state index is 0.156. The maximum atomic E-state index is 12.0. The monoisotopic (exact) mass is 273 g/mol. The van der Waals surface area contributed by atoms with Gasteiger partial charge in [0.2, 0.25) is 0 Å². The molecule has 104 valence electrons. The molecule has 1 aromatic carbocycles. The van der Waals surface area contributed by atoms with Crippen LogP contribution in [0.25, 0.3) is 0 Å². The minimum Gasteiger partial charge on any atom is -0.481 e. The molecular formula is C15H15NO4. The molecule has 1 aromatic heterocycles. The maximum Gasteiger partial charge on any atom is 0.308 e. The Morgan fingerprint density at radius 3 is 2.40 bits per heavy atom. The second kappa shape index (κ2) is 6.06. The van der Waals surface area contributed by atoms with Crippen LogP contribution in [0.3, 0.4) is 0 Å². The highest BCUT2D eigenvalue weighted by molar-refractivity contribution is 5.92. The number of furan rings is 1. The van der Waals surface area contributed by atoms with E-state index in [1.165, 1.54) is 12.3 Å². The van der Waals surface area contributed by atoms with Crippen LogP contribution < -0.4 is 5.32 Å². The van der Waals surface area contributed by atoms with Gasteiger partial charge in [-0.1, -0.05) is 30.3 Å². The van der Waals surface area contributed by atoms with Crippen LogP contribution in [0.2, 0.25) is 0 Å². The molecule has 0 saturated heterocycles. The van der Waals surface area contributed by atoms with E-state index in [2.05, 4.69) is 5.32 Å². The molecule has 20 heavy (non-hydrogen) atoms. The number of aliphatic carboxylic acids is 1. The summed E-state index contributed by atoms with van der Waals surface area (Å²) in [7, 11) is 0. The van der Waals surface area contributed by atoms with Gasteiger partial charge < -0.3 is 14.8 Å². The lowest BCUT2D eigenvalue weighted by atomic mass is 9.94. The molecular weight excluding hydrogens is 258 g/mol. The van der Waals surface area contributed by atoms with Crippen LogP contribution >= 0.6 is 0 Å². The molecule has 5 nitrogen and oxygen atoms in total. The van der Waals surface area contributed by atoms with Gasteiger partial charge in [-0.05, 0) is 24.6 Å². The average Bonchev–Trinajstić information content (AvgIpc) is 2.99. The molecule has 1 heterocycles. The topological polar surface area (TPSA) is 79.5 Å². The molecule has 0 aliphatic heterocycles. The molecule has 0 aliphatic carbocycles. The number of nitrogens with one attached hydrogen (secondary N) is 1. The standard InChI is InChI=1S/C15H15NO4/c1-10(15(18)19)13(11-6-3-2-4-7-11)16-14(17)12-8-5-9-20-12/h2-10,13H,1H3,(H,16,17)(H,18,19)/t10-,13+/m0/s1. The molecule has 2 aromatic rings. The zero-order valence-corrected chi connectivity index (χ0v) is 10.9. The number of carbonyl (C=O) groups is 2. The van der Waals surface area contributed by atoms with Crippen molar-refractivity contribution in [3.05, 3.63) is 60.1 Å². The summed E-state index contributed by atoms with van der Waals surface area (Å²) in [5.41, 5.74) is 0.738. The van der Waals surface area contributed by atoms with E-state index in [1.54, 1.807) is 37.3 Å². The van der Waals surface area contributed by atoms with Crippen LogP contribution in [0, 0.1) is 5.92 Å². The summed E-state index contributed by atoms with van der Waals surface area (Å²) in [6.07, 6.45) is 1.40. The van der Waals surface area contributed by atoms with Crippen LogP contribution in [-0.2, 0) is 4.79 Å². The second-order valence-corrected chi connectivity index (χ2v) is 4.47. The highest BCUT2D eigenvalue weighted by atomic mass is 16.4. The van der Waals surface area contributed by atoms with Gasteiger partial charge in [0.15, 0.2) is 5.76 Å². The van der Waals surface area contributed by atoms with Gasteiger partial charge in [-0.2, -0.15) is 0 Å². The number of amides is 1. The average molecular weight is 273 g/mol. The third-order valence-corrected chi connectivity index (χ3v) is 3.08. The zero-order valence-electron chi connectivity index (χ0n) is 10.9. The molecule has 0 fully saturated rings. The first kappa shape index (κ1) is 13.9. The SMILES string of the molecule is C[C@H](C(=O)O)[C@@H](NC(=O)c1ccco1)c1ccccc1. The van der Waals surface area contributed by atoms with Gasteiger partial charge in [0.1, 0.15) is 0 Å². The van der Waals surface area contributed by atoms with Crippen molar-refractivity contribution in [2.45, 2.75) is 13.0 Å². The fourth-order valence-electron chi connectivity index (χ4n) is 1.92. The molecule has 2 atom stereocenters. The Hall–Kier alpha value is -2.56. The summed E-state index contributed by atoms with van der Waals surface area (Å²) in [6.45, 7) is 1.56. The number of hydrogen-bond acceptors (Lipinski definition) is 3. The van der Waals surface area contributed by atoms with Crippen molar-refractivity contribution >= 4 is 11.9 Å². The predicted molar refractivity (Wildman–Crippen MR) is 72.2 cm³/mol. The van der Waals surface area contributed by atoms with E-state index in [9.17, 15) is 14.7 Å². The van der Waals surface area contributed by atoms with Crippen molar-refractivity contribution in [2.24, 2.45) is 5.92 Å². The lowest BCUT2D eigenvalue weighted by Crippen LogP contribution is -2.35. The lowest BCUT2D eigenvalue weighted by molar-refractivity contribution is -0.142. The highest BCUT2D eigenvalue weighted by Crippen LogP contribution is 2.22. The molecule has 0 bridgehead atoms. The Labute approximate surface area is 116 Å². The van der Waals surface area contributed by atoms with Crippen LogP contribution in [0.15, 0.2) is 53.1 Å². The second-order valence-electron chi connectivity index (χ2n) is 4.47. The highest BCUT2D eigenvalue weighted by Gasteiger charge is 2.27. The lowest BCUT2D eigenvalue weighted by Gasteiger charge is -2.22. The molecule has 5 heteroatoms. The fraction of sp³-hybridized carbons (Fsp3) is 0.200. The van der Waals surface area contributed by atoms with Crippen molar-refractivity contribution in [3.63, 3.8) is 0 Å². The summed E-state index contributed by atoms with van der Waals surface area (Å²) in [6, 6.07) is 11.5. The van der Waals surface area contributed by atoms with Gasteiger partial charge >= 0.3 is 5.97 Å². The molecule has 0 radical (unpaired) electrons. The third-order valence-electron chi connectivity index (χ3n) is 3.08. The molecule has 1 amide bonds. The Bertz CT molecular complexity index is 577. The summed E-state index contributed by atoms with van der Waals surface area (Å²) >= 11 is 0. The first-order chi connectivity index (χ1) is 9.59.